The molecule has 4 nitrogen and oxygen atoms in total. The molecule has 2 aromatic carbocycles. The van der Waals surface area contributed by atoms with Crippen LogP contribution in [0, 0.1) is 0 Å². The Morgan fingerprint density at radius 3 is 2.67 bits per heavy atom. The summed E-state index contributed by atoms with van der Waals surface area (Å²) >= 11 is 1.62. The van der Waals surface area contributed by atoms with Gasteiger partial charge in [0.15, 0.2) is 0 Å². The van der Waals surface area contributed by atoms with Crippen LogP contribution in [0.1, 0.15) is 5.56 Å². The molecule has 2 rings (SSSR count). The normalized spacial score (nSPS) is 11.9. The molecule has 1 atom stereocenters. The van der Waals surface area contributed by atoms with E-state index in [9.17, 15) is 9.90 Å². The number of nitrogens with two attached hydrogens (primary N) is 1. The molecule has 0 radical (unpaired) electrons. The van der Waals surface area contributed by atoms with Gasteiger partial charge in [0.1, 0.15) is 5.75 Å². The number of anilines is 1. The van der Waals surface area contributed by atoms with E-state index in [0.717, 1.165) is 16.1 Å². The van der Waals surface area contributed by atoms with Crippen molar-refractivity contribution in [1.29, 1.82) is 0 Å². The van der Waals surface area contributed by atoms with Gasteiger partial charge in [-0.15, -0.1) is 11.8 Å². The Hall–Kier alpha value is -1.98. The van der Waals surface area contributed by atoms with Crippen LogP contribution in [0.15, 0.2) is 53.4 Å². The molecule has 110 valence electrons. The Bertz CT molecular complexity index is 614. The molecule has 0 heterocycles. The summed E-state index contributed by atoms with van der Waals surface area (Å²) in [6.07, 6.45) is 2.41. The fourth-order valence-corrected chi connectivity index (χ4v) is 2.37. The first kappa shape index (κ1) is 15.4. The highest BCUT2D eigenvalue weighted by atomic mass is 32.2. The van der Waals surface area contributed by atoms with Crippen LogP contribution in [0.25, 0.3) is 0 Å². The van der Waals surface area contributed by atoms with Crippen LogP contribution in [0.2, 0.25) is 0 Å². The fraction of sp³-hybridized carbons (Fsp3) is 0.188. The zero-order valence-electron chi connectivity index (χ0n) is 11.7. The van der Waals surface area contributed by atoms with E-state index in [0.29, 0.717) is 6.42 Å². The molecule has 2 aromatic rings. The maximum atomic E-state index is 12.1. The van der Waals surface area contributed by atoms with Gasteiger partial charge in [-0.2, -0.15) is 0 Å². The third kappa shape index (κ3) is 4.51. The largest absolute Gasteiger partial charge is 0.508 e. The van der Waals surface area contributed by atoms with E-state index < -0.39 is 6.04 Å². The molecule has 0 fully saturated rings. The minimum atomic E-state index is -0.632. The van der Waals surface area contributed by atoms with Crippen molar-refractivity contribution >= 4 is 23.4 Å². The highest BCUT2D eigenvalue weighted by Crippen LogP contribution is 2.19. The lowest BCUT2D eigenvalue weighted by molar-refractivity contribution is -0.117. The second-order valence-electron chi connectivity index (χ2n) is 4.70. The summed E-state index contributed by atoms with van der Waals surface area (Å²) in [6, 6.07) is 13.7. The van der Waals surface area contributed by atoms with Crippen LogP contribution in [-0.4, -0.2) is 23.3 Å². The smallest absolute Gasteiger partial charge is 0.241 e. The third-order valence-electron chi connectivity index (χ3n) is 3.07. The number of hydrogen-bond acceptors (Lipinski definition) is 4. The topological polar surface area (TPSA) is 75.4 Å². The van der Waals surface area contributed by atoms with E-state index in [1.165, 1.54) is 0 Å². The van der Waals surface area contributed by atoms with Crippen LogP contribution < -0.4 is 11.1 Å². The van der Waals surface area contributed by atoms with Crippen LogP contribution in [0.4, 0.5) is 5.69 Å². The Labute approximate surface area is 128 Å². The van der Waals surface area contributed by atoms with Crippen LogP contribution in [0.3, 0.4) is 0 Å². The number of phenolic OH excluding ortho intramolecular Hbond substituents is 1. The number of hydrogen-bond donors (Lipinski definition) is 3. The molecule has 0 aliphatic heterocycles. The van der Waals surface area contributed by atoms with Gasteiger partial charge in [0.25, 0.3) is 0 Å². The van der Waals surface area contributed by atoms with Gasteiger partial charge in [-0.3, -0.25) is 4.79 Å². The van der Waals surface area contributed by atoms with Gasteiger partial charge in [0.2, 0.25) is 5.91 Å². The molecule has 0 aliphatic rings. The van der Waals surface area contributed by atoms with Crippen molar-refractivity contribution in [2.45, 2.75) is 17.4 Å². The molecule has 5 heteroatoms. The number of nitrogens with one attached hydrogen (secondary N) is 1. The van der Waals surface area contributed by atoms with Crippen LogP contribution in [0.5, 0.6) is 5.75 Å². The van der Waals surface area contributed by atoms with Gasteiger partial charge in [0, 0.05) is 10.6 Å². The standard InChI is InChI=1S/C16H18N2O2S/c1-21-14-4-2-3-12(10-14)18-16(20)15(17)9-11-5-7-13(19)8-6-11/h2-8,10,15,19H,9,17H2,1H3,(H,18,20)/t15-/m0/s1. The number of carbonyl (C=O) groups excluding carboxylic acids is 1. The highest BCUT2D eigenvalue weighted by molar-refractivity contribution is 7.98. The molecule has 0 aliphatic carbocycles. The molecule has 0 unspecified atom stereocenters. The molecule has 0 saturated carbocycles. The quantitative estimate of drug-likeness (QED) is 0.742. The Morgan fingerprint density at radius 1 is 1.29 bits per heavy atom. The summed E-state index contributed by atoms with van der Waals surface area (Å²) in [6.45, 7) is 0. The summed E-state index contributed by atoms with van der Waals surface area (Å²) in [4.78, 5) is 13.2. The first-order chi connectivity index (χ1) is 10.1. The van der Waals surface area contributed by atoms with E-state index in [4.69, 9.17) is 5.73 Å². The van der Waals surface area contributed by atoms with Gasteiger partial charge < -0.3 is 16.2 Å². The number of rotatable bonds is 5. The SMILES string of the molecule is CSc1cccc(NC(=O)[C@@H](N)Cc2ccc(O)cc2)c1. The predicted octanol–water partition coefficient (Wildman–Crippen LogP) is 2.62. The number of thioether (sulfide) groups is 1. The zero-order chi connectivity index (χ0) is 15.2. The lowest BCUT2D eigenvalue weighted by atomic mass is 10.1. The fourth-order valence-electron chi connectivity index (χ4n) is 1.91. The summed E-state index contributed by atoms with van der Waals surface area (Å²) < 4.78 is 0. The summed E-state index contributed by atoms with van der Waals surface area (Å²) in [7, 11) is 0. The van der Waals surface area contributed by atoms with Crippen molar-refractivity contribution in [3.8, 4) is 5.75 Å². The summed E-state index contributed by atoms with van der Waals surface area (Å²) in [5.74, 6) is -0.0213. The molecule has 0 aromatic heterocycles. The number of benzene rings is 2. The Morgan fingerprint density at radius 2 is 2.00 bits per heavy atom. The molecule has 21 heavy (non-hydrogen) atoms. The van der Waals surface area contributed by atoms with Crippen molar-refractivity contribution in [1.82, 2.24) is 0 Å². The minimum absolute atomic E-state index is 0.200. The van der Waals surface area contributed by atoms with Gasteiger partial charge in [-0.1, -0.05) is 18.2 Å². The number of phenols is 1. The van der Waals surface area contributed by atoms with Crippen molar-refractivity contribution in [3.05, 3.63) is 54.1 Å². The summed E-state index contributed by atoms with van der Waals surface area (Å²) in [5, 5.41) is 12.1. The maximum absolute atomic E-state index is 12.1. The first-order valence-electron chi connectivity index (χ1n) is 6.57. The minimum Gasteiger partial charge on any atom is -0.508 e. The van der Waals surface area contributed by atoms with E-state index in [-0.39, 0.29) is 11.7 Å². The van der Waals surface area contributed by atoms with Crippen molar-refractivity contribution in [2.75, 3.05) is 11.6 Å². The monoisotopic (exact) mass is 302 g/mol. The number of aromatic hydroxyl groups is 1. The second-order valence-corrected chi connectivity index (χ2v) is 5.58. The molecular formula is C16H18N2O2S. The van der Waals surface area contributed by atoms with Gasteiger partial charge in [0.05, 0.1) is 6.04 Å². The maximum Gasteiger partial charge on any atom is 0.241 e. The van der Waals surface area contributed by atoms with Crippen molar-refractivity contribution in [2.24, 2.45) is 5.73 Å². The zero-order valence-corrected chi connectivity index (χ0v) is 12.6. The molecule has 4 N–H and O–H groups in total. The van der Waals surface area contributed by atoms with Gasteiger partial charge >= 0.3 is 0 Å². The van der Waals surface area contributed by atoms with Gasteiger partial charge in [-0.05, 0) is 48.6 Å². The lowest BCUT2D eigenvalue weighted by Crippen LogP contribution is -2.37. The van der Waals surface area contributed by atoms with Crippen LogP contribution >= 0.6 is 11.8 Å². The predicted molar refractivity (Wildman–Crippen MR) is 86.6 cm³/mol. The third-order valence-corrected chi connectivity index (χ3v) is 3.79. The molecule has 0 spiro atoms. The second kappa shape index (κ2) is 7.15. The average molecular weight is 302 g/mol. The van der Waals surface area contributed by atoms with Crippen molar-refractivity contribution in [3.63, 3.8) is 0 Å². The van der Waals surface area contributed by atoms with Crippen LogP contribution in [-0.2, 0) is 11.2 Å². The first-order valence-corrected chi connectivity index (χ1v) is 7.79. The molecule has 0 saturated heterocycles. The average Bonchev–Trinajstić information content (AvgIpc) is 2.49. The summed E-state index contributed by atoms with van der Waals surface area (Å²) in [5.41, 5.74) is 7.58. The van der Waals surface area contributed by atoms with E-state index >= 15 is 0 Å². The number of amides is 1. The van der Waals surface area contributed by atoms with E-state index in [2.05, 4.69) is 5.32 Å². The lowest BCUT2D eigenvalue weighted by Gasteiger charge is -2.13. The molecule has 1 amide bonds. The molecular weight excluding hydrogens is 284 g/mol. The van der Waals surface area contributed by atoms with Crippen molar-refractivity contribution < 1.29 is 9.90 Å². The van der Waals surface area contributed by atoms with E-state index in [1.807, 2.05) is 30.5 Å². The Balaban J connectivity index is 1.97. The van der Waals surface area contributed by atoms with Gasteiger partial charge in [-0.25, -0.2) is 0 Å². The van der Waals surface area contributed by atoms with E-state index in [1.54, 1.807) is 36.0 Å². The molecule has 0 bridgehead atoms. The Kier molecular flexibility index (Phi) is 5.25. The highest BCUT2D eigenvalue weighted by Gasteiger charge is 2.14. The number of carbonyl (C=O) groups is 1.